The average Bonchev–Trinajstić information content (AvgIpc) is 3.38. The maximum Gasteiger partial charge on any atom is 0.272 e. The summed E-state index contributed by atoms with van der Waals surface area (Å²) in [5.74, 6) is 0.00268. The zero-order chi connectivity index (χ0) is 54.5. The normalized spacial score (nSPS) is 15.7. The zero-order valence-corrected chi connectivity index (χ0v) is 46.0. The van der Waals surface area contributed by atoms with Gasteiger partial charge in [0.15, 0.2) is 5.78 Å². The number of nitro benzene ring substituents is 2. The molecule has 0 saturated carbocycles. The summed E-state index contributed by atoms with van der Waals surface area (Å²) >= 11 is 0. The van der Waals surface area contributed by atoms with Gasteiger partial charge in [-0.3, -0.25) is 25.0 Å². The minimum Gasteiger partial charge on any atom is -0.497 e. The smallest absolute Gasteiger partial charge is 0.272 e. The first kappa shape index (κ1) is 60.9. The van der Waals surface area contributed by atoms with Crippen LogP contribution >= 0.6 is 0 Å². The van der Waals surface area contributed by atoms with Gasteiger partial charge in [-0.1, -0.05) is 24.3 Å². The zero-order valence-electron chi connectivity index (χ0n) is 45.2. The third-order valence-electron chi connectivity index (χ3n) is 13.7. The van der Waals surface area contributed by atoms with Crippen molar-refractivity contribution in [2.45, 2.75) is 81.8 Å². The molecule has 0 atom stereocenters. The molecule has 18 nitrogen and oxygen atoms in total. The molecule has 20 heteroatoms. The topological polar surface area (TPSA) is 187 Å². The highest BCUT2D eigenvalue weighted by atomic mass is 32.2. The third-order valence-corrected chi connectivity index (χ3v) is 15.8. The number of Topliss-reactive ketones (excluding diaryl/α,β-unsaturated/α-hetero) is 1. The van der Waals surface area contributed by atoms with Gasteiger partial charge in [-0.2, -0.15) is 4.31 Å². The number of rotatable bonds is 17. The molecule has 0 amide bonds. The lowest BCUT2D eigenvalue weighted by molar-refractivity contribution is -0.385. The van der Waals surface area contributed by atoms with E-state index in [1.165, 1.54) is 55.5 Å². The summed E-state index contributed by atoms with van der Waals surface area (Å²) in [4.78, 5) is 44.1. The highest BCUT2D eigenvalue weighted by molar-refractivity contribution is 7.89. The average molecular weight is 1050 g/mol. The molecule has 0 bridgehead atoms. The number of sulfonamides is 1. The van der Waals surface area contributed by atoms with Crippen molar-refractivity contribution in [3.63, 3.8) is 0 Å². The number of anilines is 2. The molecule has 74 heavy (non-hydrogen) atoms. The number of likely N-dealkylation sites (N-methyl/N-ethyl adjacent to an activating group) is 1. The van der Waals surface area contributed by atoms with E-state index in [9.17, 15) is 37.8 Å². The highest BCUT2D eigenvalue weighted by Crippen LogP contribution is 2.29. The van der Waals surface area contributed by atoms with Crippen LogP contribution in [0.15, 0.2) is 89.8 Å². The van der Waals surface area contributed by atoms with Gasteiger partial charge in [0.05, 0.1) is 34.5 Å². The standard InChI is InChI=1S/C28H41N3O5S.C13H19N3O2.C7H16N2.C6H4FNO2/c1-21-16-27(35-6)17-22(2)28(21)37(33,34)30(5)14-15-36-20-26(32)19-23-8-7-9-25(18-23)31-12-10-24(11-13-31)29(3)4;1-14(2)11-6-8-15(9-7-11)12-4-3-5-13(10-12)16(17)18;1-9(2)7-3-5-8-6-4-7;7-5-2-1-3-6(4-5)8(9)10/h7-9,16-18,24H,10-15,19-20H2,1-6H3;3-5,10-11H,6-9H2,1-2H3;7-8H,3-6H2,1-2H3;1-4H. The van der Waals surface area contributed by atoms with E-state index in [0.29, 0.717) is 35.4 Å². The van der Waals surface area contributed by atoms with Gasteiger partial charge in [-0.05, 0) is 161 Å². The van der Waals surface area contributed by atoms with Crippen LogP contribution in [0.1, 0.15) is 55.2 Å². The van der Waals surface area contributed by atoms with Gasteiger partial charge in [-0.25, -0.2) is 12.8 Å². The molecule has 3 aliphatic rings. The maximum atomic E-state index is 13.1. The summed E-state index contributed by atoms with van der Waals surface area (Å²) in [6.07, 6.45) is 7.39. The number of non-ortho nitro benzene ring substituents is 2. The van der Waals surface area contributed by atoms with Crippen LogP contribution in [-0.4, -0.2) is 177 Å². The Morgan fingerprint density at radius 3 is 1.59 bits per heavy atom. The number of halogens is 1. The molecule has 0 aromatic heterocycles. The number of nitrogens with zero attached hydrogens (tertiary/aromatic N) is 8. The molecule has 3 fully saturated rings. The van der Waals surface area contributed by atoms with Crippen molar-refractivity contribution >= 4 is 38.6 Å². The number of ether oxygens (including phenoxy) is 2. The molecule has 3 saturated heterocycles. The molecule has 0 aliphatic carbocycles. The van der Waals surface area contributed by atoms with Crippen molar-refractivity contribution in [1.82, 2.24) is 24.3 Å². The Hall–Kier alpha value is -5.61. The van der Waals surface area contributed by atoms with E-state index >= 15 is 0 Å². The summed E-state index contributed by atoms with van der Waals surface area (Å²) in [6.45, 7) is 10.1. The van der Waals surface area contributed by atoms with Gasteiger partial charge in [0.25, 0.3) is 11.4 Å². The van der Waals surface area contributed by atoms with Gasteiger partial charge >= 0.3 is 0 Å². The van der Waals surface area contributed by atoms with Crippen molar-refractivity contribution < 1.29 is 36.9 Å². The molecule has 3 aliphatic heterocycles. The van der Waals surface area contributed by atoms with Gasteiger partial charge in [0.2, 0.25) is 10.0 Å². The minimum absolute atomic E-state index is 0.0316. The first-order valence-electron chi connectivity index (χ1n) is 25.2. The number of aryl methyl sites for hydroxylation is 2. The summed E-state index contributed by atoms with van der Waals surface area (Å²) in [5, 5.41) is 24.1. The number of hydrogen-bond acceptors (Lipinski definition) is 15. The van der Waals surface area contributed by atoms with Crippen LogP contribution in [-0.2, 0) is 26.0 Å². The van der Waals surface area contributed by atoms with E-state index in [2.05, 4.69) is 84.2 Å². The fourth-order valence-electron chi connectivity index (χ4n) is 9.23. The number of piperidine rings is 3. The van der Waals surface area contributed by atoms with Crippen LogP contribution in [0.5, 0.6) is 5.75 Å². The number of nitro groups is 2. The molecule has 1 N–H and O–H groups in total. The van der Waals surface area contributed by atoms with E-state index in [1.54, 1.807) is 45.2 Å². The third kappa shape index (κ3) is 19.3. The van der Waals surface area contributed by atoms with Gasteiger partial charge in [0.1, 0.15) is 18.2 Å². The van der Waals surface area contributed by atoms with Gasteiger partial charge in [0, 0.05) is 93.9 Å². The fraction of sp³-hybridized carbons (Fsp3) is 0.537. The van der Waals surface area contributed by atoms with Crippen molar-refractivity contribution in [1.29, 1.82) is 0 Å². The summed E-state index contributed by atoms with van der Waals surface area (Å²) in [5.41, 5.74) is 4.28. The Morgan fingerprint density at radius 2 is 1.15 bits per heavy atom. The second-order valence-electron chi connectivity index (χ2n) is 19.7. The quantitative estimate of drug-likeness (QED) is 0.0624. The van der Waals surface area contributed by atoms with Crippen LogP contribution in [0.25, 0.3) is 0 Å². The second-order valence-corrected chi connectivity index (χ2v) is 21.7. The Bertz CT molecular complexity index is 2490. The van der Waals surface area contributed by atoms with Crippen molar-refractivity contribution in [2.75, 3.05) is 125 Å². The summed E-state index contributed by atoms with van der Waals surface area (Å²) < 4.78 is 50.5. The van der Waals surface area contributed by atoms with E-state index in [0.717, 1.165) is 87.0 Å². The molecule has 0 spiro atoms. The number of hydrogen-bond donors (Lipinski definition) is 1. The first-order chi connectivity index (χ1) is 35.1. The molecule has 0 radical (unpaired) electrons. The Labute approximate surface area is 438 Å². The van der Waals surface area contributed by atoms with Crippen molar-refractivity contribution in [3.05, 3.63) is 128 Å². The number of nitrogens with one attached hydrogen (secondary N) is 1. The SMILES string of the molecule is CN(C)C1CCN(c2cccc([N+](=O)[O-])c2)CC1.CN(C)C1CCNCC1.COc1cc(C)c(S(=O)(=O)N(C)CCOCC(=O)Cc2cccc(N3CCC(N(C)C)CC3)c2)c(C)c1.O=[N+]([O-])c1cccc(F)c1. The van der Waals surface area contributed by atoms with Gasteiger partial charge in [-0.15, -0.1) is 0 Å². The summed E-state index contributed by atoms with van der Waals surface area (Å²) in [6, 6.07) is 25.1. The number of carbonyl (C=O) groups excluding carboxylic acids is 1. The molecule has 0 unspecified atom stereocenters. The van der Waals surface area contributed by atoms with E-state index in [1.807, 2.05) is 18.2 Å². The monoisotopic (exact) mass is 1050 g/mol. The van der Waals surface area contributed by atoms with E-state index < -0.39 is 20.8 Å². The fourth-order valence-corrected chi connectivity index (χ4v) is 10.8. The summed E-state index contributed by atoms with van der Waals surface area (Å²) in [7, 11) is 12.2. The number of carbonyl (C=O) groups is 1. The van der Waals surface area contributed by atoms with Crippen molar-refractivity contribution in [2.24, 2.45) is 0 Å². The molecular weight excluding hydrogens is 970 g/mol. The van der Waals surface area contributed by atoms with Crippen LogP contribution in [0, 0.1) is 39.9 Å². The molecular formula is C54H80FN9O9S. The lowest BCUT2D eigenvalue weighted by Crippen LogP contribution is -2.42. The number of benzene rings is 4. The predicted octanol–water partition coefficient (Wildman–Crippen LogP) is 7.45. The second kappa shape index (κ2) is 30.1. The first-order valence-corrected chi connectivity index (χ1v) is 26.7. The van der Waals surface area contributed by atoms with Gasteiger partial charge < -0.3 is 39.3 Å². The van der Waals surface area contributed by atoms with E-state index in [4.69, 9.17) is 9.47 Å². The largest absolute Gasteiger partial charge is 0.497 e. The lowest BCUT2D eigenvalue weighted by atomic mass is 10.0. The number of methoxy groups -OCH3 is 1. The maximum absolute atomic E-state index is 13.1. The Balaban J connectivity index is 0.000000260. The minimum atomic E-state index is -3.69. The Morgan fingerprint density at radius 1 is 0.689 bits per heavy atom. The van der Waals surface area contributed by atoms with Crippen molar-refractivity contribution in [3.8, 4) is 5.75 Å². The molecule has 4 aromatic carbocycles. The lowest BCUT2D eigenvalue weighted by Gasteiger charge is -2.36. The predicted molar refractivity (Wildman–Crippen MR) is 292 cm³/mol. The molecule has 408 valence electrons. The van der Waals surface area contributed by atoms with E-state index in [-0.39, 0.29) is 46.7 Å². The Kier molecular flexibility index (Phi) is 24.8. The highest BCUT2D eigenvalue weighted by Gasteiger charge is 2.26. The molecule has 7 rings (SSSR count). The molecule has 4 aromatic rings. The van der Waals surface area contributed by atoms with Crippen LogP contribution in [0.4, 0.5) is 27.1 Å². The number of ketones is 1. The molecule has 3 heterocycles. The van der Waals surface area contributed by atoms with Crippen LogP contribution < -0.4 is 19.9 Å². The van der Waals surface area contributed by atoms with Crippen LogP contribution in [0.2, 0.25) is 0 Å². The van der Waals surface area contributed by atoms with Crippen LogP contribution in [0.3, 0.4) is 0 Å².